The van der Waals surface area contributed by atoms with Gasteiger partial charge in [0.25, 0.3) is 0 Å². The van der Waals surface area contributed by atoms with Gasteiger partial charge < -0.3 is 19.2 Å². The Morgan fingerprint density at radius 3 is 2.59 bits per heavy atom. The summed E-state index contributed by atoms with van der Waals surface area (Å²) >= 11 is 11.9. The van der Waals surface area contributed by atoms with E-state index in [1.807, 2.05) is 60.8 Å². The normalized spacial score (nSPS) is 18.2. The third-order valence-electron chi connectivity index (χ3n) is 5.98. The van der Waals surface area contributed by atoms with Gasteiger partial charge in [-0.1, -0.05) is 17.7 Å². The van der Waals surface area contributed by atoms with Crippen LogP contribution in [0.2, 0.25) is 5.02 Å². The van der Waals surface area contributed by atoms with Gasteiger partial charge in [-0.15, -0.1) is 0 Å². The van der Waals surface area contributed by atoms with Crippen molar-refractivity contribution in [3.05, 3.63) is 107 Å². The van der Waals surface area contributed by atoms with Gasteiger partial charge in [0.2, 0.25) is 0 Å². The Morgan fingerprint density at radius 1 is 1.09 bits per heavy atom. The Hall–Kier alpha value is -3.09. The Kier molecular flexibility index (Phi) is 5.49. The van der Waals surface area contributed by atoms with Gasteiger partial charge in [-0.05, 0) is 86.2 Å². The Morgan fingerprint density at radius 2 is 1.91 bits per heavy atom. The largest absolute Gasteiger partial charge is 0.467 e. The third-order valence-corrected chi connectivity index (χ3v) is 6.58. The summed E-state index contributed by atoms with van der Waals surface area (Å²) < 4.78 is 7.90. The number of rotatable bonds is 5. The summed E-state index contributed by atoms with van der Waals surface area (Å²) in [4.78, 5) is 6.83. The molecule has 4 aromatic rings. The van der Waals surface area contributed by atoms with E-state index in [-0.39, 0.29) is 12.1 Å². The van der Waals surface area contributed by atoms with Crippen LogP contribution < -0.4 is 5.32 Å². The first-order valence-electron chi connectivity index (χ1n) is 10.5. The summed E-state index contributed by atoms with van der Waals surface area (Å²) in [6, 6.07) is 19.9. The first kappa shape index (κ1) is 20.8. The molecule has 7 heteroatoms. The number of aromatic nitrogens is 2. The molecule has 0 saturated carbocycles. The van der Waals surface area contributed by atoms with E-state index < -0.39 is 0 Å². The molecule has 32 heavy (non-hydrogen) atoms. The highest BCUT2D eigenvalue weighted by molar-refractivity contribution is 7.80. The van der Waals surface area contributed by atoms with E-state index in [2.05, 4.69) is 39.7 Å². The predicted molar refractivity (Wildman–Crippen MR) is 130 cm³/mol. The fourth-order valence-corrected chi connectivity index (χ4v) is 4.99. The number of benzene rings is 1. The van der Waals surface area contributed by atoms with Crippen LogP contribution in [0.15, 0.2) is 77.5 Å². The number of pyridine rings is 1. The molecule has 4 heterocycles. The van der Waals surface area contributed by atoms with Gasteiger partial charge in [-0.3, -0.25) is 4.98 Å². The molecule has 1 fully saturated rings. The molecule has 0 radical (unpaired) electrons. The van der Waals surface area contributed by atoms with E-state index in [0.717, 1.165) is 33.6 Å². The molecule has 2 unspecified atom stereocenters. The zero-order chi connectivity index (χ0) is 22.2. The lowest BCUT2D eigenvalue weighted by Gasteiger charge is -2.27. The lowest BCUT2D eigenvalue weighted by molar-refractivity contribution is 0.286. The van der Waals surface area contributed by atoms with E-state index in [9.17, 15) is 0 Å². The second-order valence-corrected chi connectivity index (χ2v) is 8.80. The molecule has 0 amide bonds. The quantitative estimate of drug-likeness (QED) is 0.373. The maximum absolute atomic E-state index is 6.12. The number of thiocarbonyl (C=S) groups is 1. The molecule has 2 atom stereocenters. The summed E-state index contributed by atoms with van der Waals surface area (Å²) in [7, 11) is 0. The first-order valence-corrected chi connectivity index (χ1v) is 11.3. The van der Waals surface area contributed by atoms with Crippen LogP contribution in [0, 0.1) is 13.8 Å². The van der Waals surface area contributed by atoms with Gasteiger partial charge in [0.05, 0.1) is 30.6 Å². The summed E-state index contributed by atoms with van der Waals surface area (Å²) in [6.45, 7) is 4.86. The van der Waals surface area contributed by atoms with Crippen molar-refractivity contribution in [3.8, 4) is 5.69 Å². The van der Waals surface area contributed by atoms with Gasteiger partial charge in [0.15, 0.2) is 5.11 Å². The molecule has 3 aromatic heterocycles. The van der Waals surface area contributed by atoms with E-state index in [0.29, 0.717) is 11.7 Å². The van der Waals surface area contributed by atoms with Gasteiger partial charge in [0.1, 0.15) is 5.76 Å². The first-order chi connectivity index (χ1) is 15.5. The fourth-order valence-electron chi connectivity index (χ4n) is 4.56. The number of furan rings is 1. The highest BCUT2D eigenvalue weighted by Crippen LogP contribution is 2.42. The van der Waals surface area contributed by atoms with Crippen molar-refractivity contribution >= 4 is 28.9 Å². The molecule has 0 bridgehead atoms. The molecule has 0 spiro atoms. The lowest BCUT2D eigenvalue weighted by Crippen LogP contribution is -2.29. The van der Waals surface area contributed by atoms with Gasteiger partial charge in [0, 0.05) is 28.3 Å². The third kappa shape index (κ3) is 3.70. The molecule has 1 aliphatic heterocycles. The SMILES string of the molecule is Cc1cc(C2C(c3ccccn3)NC(=S)N2Cc2ccco2)c(C)n1-c1ccc(Cl)cc1. The molecular weight excluding hydrogens is 440 g/mol. The summed E-state index contributed by atoms with van der Waals surface area (Å²) in [5, 5.41) is 4.93. The molecule has 1 N–H and O–H groups in total. The molecule has 0 aliphatic carbocycles. The van der Waals surface area contributed by atoms with Gasteiger partial charge >= 0.3 is 0 Å². The van der Waals surface area contributed by atoms with Crippen LogP contribution in [0.3, 0.4) is 0 Å². The Bertz CT molecular complexity index is 1240. The Balaban J connectivity index is 1.62. The number of nitrogens with one attached hydrogen (secondary N) is 1. The molecule has 1 saturated heterocycles. The van der Waals surface area contributed by atoms with E-state index >= 15 is 0 Å². The molecule has 1 aliphatic rings. The standard InChI is InChI=1S/C25H23ClN4OS/c1-16-14-21(17(2)30(16)19-10-8-18(26)9-11-19)24-23(22-7-3-4-12-27-22)28-25(32)29(24)15-20-6-5-13-31-20/h3-14,23-24H,15H2,1-2H3,(H,28,32). The smallest absolute Gasteiger partial charge is 0.170 e. The van der Waals surface area contributed by atoms with Crippen molar-refractivity contribution in [1.29, 1.82) is 0 Å². The lowest BCUT2D eigenvalue weighted by atomic mass is 9.96. The molecule has 162 valence electrons. The average Bonchev–Trinajstić information content (AvgIpc) is 3.49. The van der Waals surface area contributed by atoms with Crippen LogP contribution >= 0.6 is 23.8 Å². The minimum Gasteiger partial charge on any atom is -0.467 e. The topological polar surface area (TPSA) is 46.2 Å². The van der Waals surface area contributed by atoms with Crippen molar-refractivity contribution in [1.82, 2.24) is 19.8 Å². The van der Waals surface area contributed by atoms with Gasteiger partial charge in [-0.25, -0.2) is 0 Å². The average molecular weight is 463 g/mol. The highest BCUT2D eigenvalue weighted by atomic mass is 35.5. The summed E-state index contributed by atoms with van der Waals surface area (Å²) in [5.41, 5.74) is 5.54. The minimum absolute atomic E-state index is 0.0326. The van der Waals surface area contributed by atoms with E-state index in [4.69, 9.17) is 28.2 Å². The fraction of sp³-hybridized carbons (Fsp3) is 0.200. The van der Waals surface area contributed by atoms with Gasteiger partial charge in [-0.2, -0.15) is 0 Å². The van der Waals surface area contributed by atoms with Crippen molar-refractivity contribution in [3.63, 3.8) is 0 Å². The number of halogens is 1. The van der Waals surface area contributed by atoms with Crippen molar-refractivity contribution < 1.29 is 4.42 Å². The number of aryl methyl sites for hydroxylation is 1. The molecule has 1 aromatic carbocycles. The van der Waals surface area contributed by atoms with Crippen LogP contribution in [0.25, 0.3) is 5.69 Å². The molecule has 5 rings (SSSR count). The van der Waals surface area contributed by atoms with Crippen LogP contribution in [0.4, 0.5) is 0 Å². The number of hydrogen-bond acceptors (Lipinski definition) is 3. The van der Waals surface area contributed by atoms with Crippen molar-refractivity contribution in [2.45, 2.75) is 32.5 Å². The predicted octanol–water partition coefficient (Wildman–Crippen LogP) is 5.91. The second kappa shape index (κ2) is 8.45. The minimum atomic E-state index is -0.0715. The Labute approximate surface area is 197 Å². The zero-order valence-electron chi connectivity index (χ0n) is 17.8. The summed E-state index contributed by atoms with van der Waals surface area (Å²) in [5.74, 6) is 0.868. The van der Waals surface area contributed by atoms with Crippen molar-refractivity contribution in [2.75, 3.05) is 0 Å². The number of nitrogens with zero attached hydrogens (tertiary/aromatic N) is 3. The zero-order valence-corrected chi connectivity index (χ0v) is 19.4. The van der Waals surface area contributed by atoms with Crippen molar-refractivity contribution in [2.24, 2.45) is 0 Å². The highest BCUT2D eigenvalue weighted by Gasteiger charge is 2.41. The maximum Gasteiger partial charge on any atom is 0.170 e. The van der Waals surface area contributed by atoms with Crippen LogP contribution in [0.5, 0.6) is 0 Å². The van der Waals surface area contributed by atoms with E-state index in [1.165, 1.54) is 5.56 Å². The summed E-state index contributed by atoms with van der Waals surface area (Å²) in [6.07, 6.45) is 3.52. The molecular formula is C25H23ClN4OS. The monoisotopic (exact) mass is 462 g/mol. The number of hydrogen-bond donors (Lipinski definition) is 1. The maximum atomic E-state index is 6.12. The van der Waals surface area contributed by atoms with Crippen LogP contribution in [-0.2, 0) is 6.54 Å². The van der Waals surface area contributed by atoms with E-state index in [1.54, 1.807) is 6.26 Å². The second-order valence-electron chi connectivity index (χ2n) is 7.97. The van der Waals surface area contributed by atoms with Crippen LogP contribution in [0.1, 0.15) is 40.5 Å². The molecule has 5 nitrogen and oxygen atoms in total. The van der Waals surface area contributed by atoms with Crippen LogP contribution in [-0.4, -0.2) is 19.6 Å².